The molecule has 0 spiro atoms. The maximum absolute atomic E-state index is 12.7. The lowest BCUT2D eigenvalue weighted by Gasteiger charge is -2.19. The van der Waals surface area contributed by atoms with E-state index < -0.39 is 30.4 Å². The number of alkyl halides is 3. The van der Waals surface area contributed by atoms with Gasteiger partial charge in [0.25, 0.3) is 0 Å². The van der Waals surface area contributed by atoms with E-state index in [0.29, 0.717) is 24.5 Å². The number of esters is 1. The standard InChI is InChI=1S/C31H38F3N5O6/c1-30(2,3)45-25(40)9-7-5-4-6-8-18-43-24-16-10-21(11-17-24)19-35-27-37-28(39-29(38-27)44-20-31(32,33)34)36-23-14-12-22(13-15-23)26(41)42/h10-17H,4-9,18-20H2,1-3H3,(H,41,42)(H2,35,36,37,38,39). The molecule has 3 aromatic rings. The van der Waals surface area contributed by atoms with Crippen LogP contribution in [0.25, 0.3) is 0 Å². The van der Waals surface area contributed by atoms with Gasteiger partial charge in [-0.3, -0.25) is 4.79 Å². The van der Waals surface area contributed by atoms with E-state index in [1.165, 1.54) is 24.3 Å². The number of anilines is 3. The van der Waals surface area contributed by atoms with Crippen molar-refractivity contribution in [1.29, 1.82) is 0 Å². The molecule has 2 aromatic carbocycles. The average Bonchev–Trinajstić information content (AvgIpc) is 2.96. The fourth-order valence-electron chi connectivity index (χ4n) is 3.90. The molecule has 0 saturated heterocycles. The minimum atomic E-state index is -4.59. The van der Waals surface area contributed by atoms with Gasteiger partial charge in [0.05, 0.1) is 12.2 Å². The van der Waals surface area contributed by atoms with Crippen molar-refractivity contribution in [2.75, 3.05) is 23.8 Å². The third-order valence-electron chi connectivity index (χ3n) is 5.96. The number of carboxylic acids is 1. The molecular formula is C31H38F3N5O6. The molecule has 0 bridgehead atoms. The number of benzene rings is 2. The summed E-state index contributed by atoms with van der Waals surface area (Å²) >= 11 is 0. The zero-order chi connectivity index (χ0) is 32.9. The summed E-state index contributed by atoms with van der Waals surface area (Å²) in [4.78, 5) is 34.8. The Kier molecular flexibility index (Phi) is 12.7. The molecule has 0 amide bonds. The first kappa shape index (κ1) is 34.9. The van der Waals surface area contributed by atoms with Crippen LogP contribution < -0.4 is 20.1 Å². The highest BCUT2D eigenvalue weighted by Crippen LogP contribution is 2.21. The lowest BCUT2D eigenvalue weighted by atomic mass is 10.1. The Balaban J connectivity index is 1.46. The summed E-state index contributed by atoms with van der Waals surface area (Å²) < 4.78 is 54.0. The van der Waals surface area contributed by atoms with Gasteiger partial charge in [-0.05, 0) is 75.6 Å². The molecule has 11 nitrogen and oxygen atoms in total. The van der Waals surface area contributed by atoms with Crippen molar-refractivity contribution in [3.8, 4) is 11.8 Å². The zero-order valence-electron chi connectivity index (χ0n) is 25.4. The van der Waals surface area contributed by atoms with Gasteiger partial charge in [0, 0.05) is 18.7 Å². The Morgan fingerprint density at radius 3 is 2.11 bits per heavy atom. The van der Waals surface area contributed by atoms with Crippen LogP contribution in [0.3, 0.4) is 0 Å². The molecule has 1 heterocycles. The van der Waals surface area contributed by atoms with Crippen LogP contribution in [0.2, 0.25) is 0 Å². The number of hydrogen-bond acceptors (Lipinski definition) is 10. The van der Waals surface area contributed by atoms with Crippen molar-refractivity contribution < 1.29 is 42.1 Å². The number of aromatic carboxylic acids is 1. The molecule has 0 unspecified atom stereocenters. The van der Waals surface area contributed by atoms with Gasteiger partial charge < -0.3 is 30.0 Å². The fraction of sp³-hybridized carbons (Fsp3) is 0.452. The van der Waals surface area contributed by atoms with E-state index in [2.05, 4.69) is 25.6 Å². The third kappa shape index (κ3) is 14.1. The SMILES string of the molecule is CC(C)(C)OC(=O)CCCCCCCOc1ccc(CNc2nc(Nc3ccc(C(=O)O)cc3)nc(OCC(F)(F)F)n2)cc1. The summed E-state index contributed by atoms with van der Waals surface area (Å²) in [6, 6.07) is 12.4. The number of carboxylic acid groups (broad SMARTS) is 1. The minimum Gasteiger partial charge on any atom is -0.494 e. The highest BCUT2D eigenvalue weighted by Gasteiger charge is 2.29. The van der Waals surface area contributed by atoms with Gasteiger partial charge in [-0.2, -0.15) is 28.1 Å². The van der Waals surface area contributed by atoms with Crippen molar-refractivity contribution in [3.63, 3.8) is 0 Å². The quantitative estimate of drug-likeness (QED) is 0.105. The van der Waals surface area contributed by atoms with E-state index in [1.807, 2.05) is 45.0 Å². The molecular weight excluding hydrogens is 595 g/mol. The number of halogens is 3. The molecule has 0 aliphatic carbocycles. The van der Waals surface area contributed by atoms with Crippen LogP contribution in [0.4, 0.5) is 30.8 Å². The van der Waals surface area contributed by atoms with Crippen molar-refractivity contribution >= 4 is 29.5 Å². The molecule has 0 saturated carbocycles. The highest BCUT2D eigenvalue weighted by atomic mass is 19.4. The summed E-state index contributed by atoms with van der Waals surface area (Å²) in [5.41, 5.74) is 0.854. The number of unbranched alkanes of at least 4 members (excludes halogenated alkanes) is 4. The lowest BCUT2D eigenvalue weighted by molar-refractivity contribution is -0.155. The molecule has 0 radical (unpaired) electrons. The van der Waals surface area contributed by atoms with Crippen LogP contribution in [0, 0.1) is 0 Å². The van der Waals surface area contributed by atoms with E-state index >= 15 is 0 Å². The number of aromatic nitrogens is 3. The Hall–Kier alpha value is -4.62. The van der Waals surface area contributed by atoms with Crippen LogP contribution in [0.1, 0.15) is 75.2 Å². The molecule has 0 fully saturated rings. The van der Waals surface area contributed by atoms with Gasteiger partial charge in [0.15, 0.2) is 6.61 Å². The van der Waals surface area contributed by atoms with Gasteiger partial charge in [-0.1, -0.05) is 31.4 Å². The first-order chi connectivity index (χ1) is 21.3. The zero-order valence-corrected chi connectivity index (χ0v) is 25.4. The number of nitrogens with one attached hydrogen (secondary N) is 2. The van der Waals surface area contributed by atoms with Crippen LogP contribution >= 0.6 is 0 Å². The Labute approximate surface area is 259 Å². The lowest BCUT2D eigenvalue weighted by Crippen LogP contribution is -2.23. The largest absolute Gasteiger partial charge is 0.494 e. The monoisotopic (exact) mass is 633 g/mol. The second kappa shape index (κ2) is 16.5. The topological polar surface area (TPSA) is 145 Å². The predicted octanol–water partition coefficient (Wildman–Crippen LogP) is 6.93. The van der Waals surface area contributed by atoms with Gasteiger partial charge >= 0.3 is 24.1 Å². The summed E-state index contributed by atoms with van der Waals surface area (Å²) in [5, 5.41) is 14.8. The maximum atomic E-state index is 12.7. The number of rotatable bonds is 17. The molecule has 3 N–H and O–H groups in total. The number of carbonyl (C=O) groups is 2. The van der Waals surface area contributed by atoms with Crippen LogP contribution in [0.15, 0.2) is 48.5 Å². The molecule has 1 aromatic heterocycles. The molecule has 0 aliphatic rings. The molecule has 244 valence electrons. The third-order valence-corrected chi connectivity index (χ3v) is 5.96. The average molecular weight is 634 g/mol. The van der Waals surface area contributed by atoms with E-state index in [0.717, 1.165) is 37.7 Å². The van der Waals surface area contributed by atoms with Crippen LogP contribution in [-0.4, -0.2) is 57.0 Å². The Bertz CT molecular complexity index is 1380. The molecule has 0 aliphatic heterocycles. The molecule has 3 rings (SSSR count). The summed E-state index contributed by atoms with van der Waals surface area (Å²) in [6.45, 7) is 4.79. The van der Waals surface area contributed by atoms with Gasteiger partial charge in [-0.15, -0.1) is 0 Å². The van der Waals surface area contributed by atoms with Crippen LogP contribution in [0.5, 0.6) is 11.8 Å². The minimum absolute atomic E-state index is 0.0294. The van der Waals surface area contributed by atoms with Crippen molar-refractivity contribution in [3.05, 3.63) is 59.7 Å². The molecule has 45 heavy (non-hydrogen) atoms. The number of nitrogens with zero attached hydrogens (tertiary/aromatic N) is 3. The van der Waals surface area contributed by atoms with Crippen molar-refractivity contribution in [2.24, 2.45) is 0 Å². The van der Waals surface area contributed by atoms with Gasteiger partial charge in [0.1, 0.15) is 11.4 Å². The highest BCUT2D eigenvalue weighted by molar-refractivity contribution is 5.88. The number of ether oxygens (including phenoxy) is 3. The van der Waals surface area contributed by atoms with E-state index in [4.69, 9.17) is 19.3 Å². The number of carbonyl (C=O) groups excluding carboxylic acids is 1. The van der Waals surface area contributed by atoms with Gasteiger partial charge in [0.2, 0.25) is 11.9 Å². The normalized spacial score (nSPS) is 11.5. The van der Waals surface area contributed by atoms with Crippen molar-refractivity contribution in [2.45, 2.75) is 77.6 Å². The summed E-state index contributed by atoms with van der Waals surface area (Å²) in [6.07, 6.45) is 0.471. The second-order valence-corrected chi connectivity index (χ2v) is 11.1. The number of hydrogen-bond donors (Lipinski definition) is 3. The maximum Gasteiger partial charge on any atom is 0.422 e. The van der Waals surface area contributed by atoms with E-state index in [1.54, 1.807) is 0 Å². The Morgan fingerprint density at radius 2 is 1.47 bits per heavy atom. The smallest absolute Gasteiger partial charge is 0.422 e. The first-order valence-corrected chi connectivity index (χ1v) is 14.5. The predicted molar refractivity (Wildman–Crippen MR) is 161 cm³/mol. The first-order valence-electron chi connectivity index (χ1n) is 14.5. The van der Waals surface area contributed by atoms with E-state index in [-0.39, 0.29) is 30.0 Å². The fourth-order valence-corrected chi connectivity index (χ4v) is 3.90. The second-order valence-electron chi connectivity index (χ2n) is 11.1. The van der Waals surface area contributed by atoms with Crippen molar-refractivity contribution in [1.82, 2.24) is 15.0 Å². The van der Waals surface area contributed by atoms with Gasteiger partial charge in [-0.25, -0.2) is 4.79 Å². The van der Waals surface area contributed by atoms with Crippen LogP contribution in [-0.2, 0) is 16.1 Å². The summed E-state index contributed by atoms with van der Waals surface area (Å²) in [7, 11) is 0. The van der Waals surface area contributed by atoms with E-state index in [9.17, 15) is 22.8 Å². The molecule has 14 heteroatoms. The summed E-state index contributed by atoms with van der Waals surface area (Å²) in [5.74, 6) is -0.693. The Morgan fingerprint density at radius 1 is 0.822 bits per heavy atom. The molecule has 0 atom stereocenters.